The molecule has 4 heteroatoms. The van der Waals surface area contributed by atoms with Crippen LogP contribution < -0.4 is 11.1 Å². The van der Waals surface area contributed by atoms with Crippen LogP contribution in [0.5, 0.6) is 0 Å². The molecular weight excluding hydrogens is 202 g/mol. The van der Waals surface area contributed by atoms with Crippen LogP contribution in [0.25, 0.3) is 10.9 Å². The smallest absolute Gasteiger partial charge is 0.252 e. The van der Waals surface area contributed by atoms with Gasteiger partial charge in [0.1, 0.15) is 0 Å². The first kappa shape index (κ1) is 10.7. The first-order valence-electron chi connectivity index (χ1n) is 5.28. The SMILES string of the molecule is CC(N)CNC(=O)c1cccc2[nH]ccc12. The van der Waals surface area contributed by atoms with Gasteiger partial charge in [0.15, 0.2) is 0 Å². The average molecular weight is 217 g/mol. The first-order chi connectivity index (χ1) is 7.68. The largest absolute Gasteiger partial charge is 0.361 e. The van der Waals surface area contributed by atoms with Crippen molar-refractivity contribution >= 4 is 16.8 Å². The zero-order valence-corrected chi connectivity index (χ0v) is 9.16. The summed E-state index contributed by atoms with van der Waals surface area (Å²) in [5, 5.41) is 3.74. The molecule has 84 valence electrons. The van der Waals surface area contributed by atoms with Gasteiger partial charge in [-0.05, 0) is 25.1 Å². The quantitative estimate of drug-likeness (QED) is 0.724. The molecule has 0 aliphatic rings. The molecule has 2 rings (SSSR count). The minimum Gasteiger partial charge on any atom is -0.361 e. The molecule has 4 nitrogen and oxygen atoms in total. The fraction of sp³-hybridized carbons (Fsp3) is 0.250. The molecule has 0 saturated heterocycles. The molecule has 1 heterocycles. The lowest BCUT2D eigenvalue weighted by Crippen LogP contribution is -2.35. The summed E-state index contributed by atoms with van der Waals surface area (Å²) in [4.78, 5) is 15.0. The van der Waals surface area contributed by atoms with Crippen LogP contribution in [0, 0.1) is 0 Å². The van der Waals surface area contributed by atoms with E-state index in [4.69, 9.17) is 5.73 Å². The van der Waals surface area contributed by atoms with Crippen molar-refractivity contribution in [3.8, 4) is 0 Å². The van der Waals surface area contributed by atoms with E-state index in [2.05, 4.69) is 10.3 Å². The molecule has 0 fully saturated rings. The van der Waals surface area contributed by atoms with Crippen LogP contribution in [0.3, 0.4) is 0 Å². The van der Waals surface area contributed by atoms with Crippen molar-refractivity contribution in [3.05, 3.63) is 36.0 Å². The maximum atomic E-state index is 11.9. The molecule has 0 aliphatic heterocycles. The van der Waals surface area contributed by atoms with E-state index >= 15 is 0 Å². The molecule has 0 aliphatic carbocycles. The average Bonchev–Trinajstić information content (AvgIpc) is 2.73. The minimum absolute atomic E-state index is 0.0330. The first-order valence-corrected chi connectivity index (χ1v) is 5.28. The Morgan fingerprint density at radius 3 is 3.06 bits per heavy atom. The van der Waals surface area contributed by atoms with E-state index < -0.39 is 0 Å². The number of benzene rings is 1. The molecule has 2 aromatic rings. The molecule has 1 aromatic carbocycles. The van der Waals surface area contributed by atoms with Crippen LogP contribution in [0.2, 0.25) is 0 Å². The van der Waals surface area contributed by atoms with Gasteiger partial charge in [-0.25, -0.2) is 0 Å². The van der Waals surface area contributed by atoms with Gasteiger partial charge >= 0.3 is 0 Å². The van der Waals surface area contributed by atoms with E-state index in [-0.39, 0.29) is 11.9 Å². The van der Waals surface area contributed by atoms with Crippen molar-refractivity contribution in [2.24, 2.45) is 5.73 Å². The number of aromatic amines is 1. The topological polar surface area (TPSA) is 70.9 Å². The van der Waals surface area contributed by atoms with Crippen LogP contribution in [0.4, 0.5) is 0 Å². The Bertz CT molecular complexity index is 502. The summed E-state index contributed by atoms with van der Waals surface area (Å²) in [6, 6.07) is 7.48. The van der Waals surface area contributed by atoms with E-state index in [1.807, 2.05) is 37.4 Å². The highest BCUT2D eigenvalue weighted by molar-refractivity contribution is 6.06. The van der Waals surface area contributed by atoms with Crippen LogP contribution in [0.1, 0.15) is 17.3 Å². The van der Waals surface area contributed by atoms with Gasteiger partial charge in [-0.3, -0.25) is 4.79 Å². The fourth-order valence-electron chi connectivity index (χ4n) is 1.63. The number of nitrogens with two attached hydrogens (primary N) is 1. The van der Waals surface area contributed by atoms with Gasteiger partial charge < -0.3 is 16.0 Å². The Morgan fingerprint density at radius 2 is 2.31 bits per heavy atom. The number of carbonyl (C=O) groups is 1. The lowest BCUT2D eigenvalue weighted by molar-refractivity contribution is 0.0953. The fourth-order valence-corrected chi connectivity index (χ4v) is 1.63. The molecule has 4 N–H and O–H groups in total. The second kappa shape index (κ2) is 4.37. The van der Waals surface area contributed by atoms with Crippen molar-refractivity contribution < 1.29 is 4.79 Å². The normalized spacial score (nSPS) is 12.6. The summed E-state index contributed by atoms with van der Waals surface area (Å²) in [6.45, 7) is 2.34. The molecule has 0 radical (unpaired) electrons. The number of aromatic nitrogens is 1. The molecule has 0 bridgehead atoms. The lowest BCUT2D eigenvalue weighted by Gasteiger charge is -2.08. The molecule has 1 amide bonds. The van der Waals surface area contributed by atoms with Gasteiger partial charge in [0.2, 0.25) is 0 Å². The Morgan fingerprint density at radius 1 is 1.50 bits per heavy atom. The highest BCUT2D eigenvalue weighted by Crippen LogP contribution is 2.16. The predicted molar refractivity (Wildman–Crippen MR) is 64.3 cm³/mol. The molecule has 1 aromatic heterocycles. The molecule has 1 atom stereocenters. The van der Waals surface area contributed by atoms with Crippen molar-refractivity contribution in [2.45, 2.75) is 13.0 Å². The third-order valence-electron chi connectivity index (χ3n) is 2.42. The van der Waals surface area contributed by atoms with Crippen molar-refractivity contribution in [1.29, 1.82) is 0 Å². The molecule has 0 saturated carbocycles. The van der Waals surface area contributed by atoms with Gasteiger partial charge in [0, 0.05) is 35.2 Å². The number of nitrogens with one attached hydrogen (secondary N) is 2. The van der Waals surface area contributed by atoms with Crippen LogP contribution in [0.15, 0.2) is 30.5 Å². The number of hydrogen-bond acceptors (Lipinski definition) is 2. The maximum absolute atomic E-state index is 11.9. The Kier molecular flexibility index (Phi) is 2.92. The summed E-state index contributed by atoms with van der Waals surface area (Å²) in [6.07, 6.45) is 1.83. The second-order valence-corrected chi connectivity index (χ2v) is 3.93. The Hall–Kier alpha value is -1.81. The van der Waals surface area contributed by atoms with Crippen LogP contribution >= 0.6 is 0 Å². The standard InChI is InChI=1S/C12H15N3O/c1-8(13)7-15-12(16)10-3-2-4-11-9(10)5-6-14-11/h2-6,8,14H,7,13H2,1H3,(H,15,16). The molecule has 0 spiro atoms. The summed E-state index contributed by atoms with van der Waals surface area (Å²) < 4.78 is 0. The second-order valence-electron chi connectivity index (χ2n) is 3.93. The van der Waals surface area contributed by atoms with Crippen molar-refractivity contribution in [3.63, 3.8) is 0 Å². The van der Waals surface area contributed by atoms with Crippen molar-refractivity contribution in [1.82, 2.24) is 10.3 Å². The maximum Gasteiger partial charge on any atom is 0.252 e. The molecule has 1 unspecified atom stereocenters. The van der Waals surface area contributed by atoms with E-state index in [9.17, 15) is 4.79 Å². The van der Waals surface area contributed by atoms with Crippen LogP contribution in [-0.2, 0) is 0 Å². The van der Waals surface area contributed by atoms with Gasteiger partial charge in [-0.2, -0.15) is 0 Å². The van der Waals surface area contributed by atoms with Crippen molar-refractivity contribution in [2.75, 3.05) is 6.54 Å². The van der Waals surface area contributed by atoms with E-state index in [0.717, 1.165) is 10.9 Å². The van der Waals surface area contributed by atoms with E-state index in [1.54, 1.807) is 0 Å². The number of fused-ring (bicyclic) bond motifs is 1. The van der Waals surface area contributed by atoms with E-state index in [0.29, 0.717) is 12.1 Å². The Balaban J connectivity index is 2.25. The minimum atomic E-state index is -0.0810. The predicted octanol–water partition coefficient (Wildman–Crippen LogP) is 1.24. The lowest BCUT2D eigenvalue weighted by atomic mass is 10.1. The number of carbonyl (C=O) groups excluding carboxylic acids is 1. The zero-order valence-electron chi connectivity index (χ0n) is 9.16. The summed E-state index contributed by atoms with van der Waals surface area (Å²) in [7, 11) is 0. The summed E-state index contributed by atoms with van der Waals surface area (Å²) in [5.74, 6) is -0.0810. The summed E-state index contributed by atoms with van der Waals surface area (Å²) in [5.41, 5.74) is 7.24. The summed E-state index contributed by atoms with van der Waals surface area (Å²) >= 11 is 0. The van der Waals surface area contributed by atoms with Gasteiger partial charge in [-0.15, -0.1) is 0 Å². The van der Waals surface area contributed by atoms with Crippen LogP contribution in [-0.4, -0.2) is 23.5 Å². The van der Waals surface area contributed by atoms with E-state index in [1.165, 1.54) is 0 Å². The molecular formula is C12H15N3O. The van der Waals surface area contributed by atoms with Gasteiger partial charge in [0.25, 0.3) is 5.91 Å². The molecule has 16 heavy (non-hydrogen) atoms. The van der Waals surface area contributed by atoms with Gasteiger partial charge in [0.05, 0.1) is 0 Å². The highest BCUT2D eigenvalue weighted by atomic mass is 16.1. The zero-order chi connectivity index (χ0) is 11.5. The number of rotatable bonds is 3. The highest BCUT2D eigenvalue weighted by Gasteiger charge is 2.09. The third-order valence-corrected chi connectivity index (χ3v) is 2.42. The third kappa shape index (κ3) is 2.06. The Labute approximate surface area is 93.8 Å². The number of hydrogen-bond donors (Lipinski definition) is 3. The number of amides is 1. The van der Waals surface area contributed by atoms with Gasteiger partial charge in [-0.1, -0.05) is 6.07 Å². The number of H-pyrrole nitrogens is 1. The monoisotopic (exact) mass is 217 g/mol.